The quantitative estimate of drug-likeness (QED) is 0.370. The Balaban J connectivity index is 1.84. The largest absolute Gasteiger partial charge is 0.449 e. The van der Waals surface area contributed by atoms with E-state index in [-0.39, 0.29) is 19.0 Å². The molecule has 0 aliphatic heterocycles. The summed E-state index contributed by atoms with van der Waals surface area (Å²) in [4.78, 5) is 2.17. The van der Waals surface area contributed by atoms with E-state index in [9.17, 15) is 8.42 Å². The van der Waals surface area contributed by atoms with Crippen LogP contribution in [0.25, 0.3) is 12.2 Å². The van der Waals surface area contributed by atoms with Gasteiger partial charge in [0.25, 0.3) is 0 Å². The van der Waals surface area contributed by atoms with E-state index in [1.807, 2.05) is 12.2 Å². The second kappa shape index (κ2) is 12.4. The topological polar surface area (TPSA) is 76.1 Å². The minimum Gasteiger partial charge on any atom is -0.396 e. The van der Waals surface area contributed by atoms with Gasteiger partial charge in [0, 0.05) is 25.9 Å². The van der Waals surface area contributed by atoms with Crippen molar-refractivity contribution in [2.45, 2.75) is 32.6 Å². The van der Waals surface area contributed by atoms with Crippen molar-refractivity contribution in [2.75, 3.05) is 31.7 Å². The Morgan fingerprint density at radius 3 is 2.03 bits per heavy atom. The van der Waals surface area contributed by atoms with Crippen molar-refractivity contribution < 1.29 is 21.9 Å². The predicted molar refractivity (Wildman–Crippen MR) is 122 cm³/mol. The van der Waals surface area contributed by atoms with Gasteiger partial charge in [0.1, 0.15) is 5.75 Å². The van der Waals surface area contributed by atoms with Crippen molar-refractivity contribution in [1.29, 1.82) is 0 Å². The maximum atomic E-state index is 11.9. The number of benzene rings is 2. The Kier molecular flexibility index (Phi) is 9.86. The highest BCUT2D eigenvalue weighted by Crippen LogP contribution is 2.18. The third-order valence-electron chi connectivity index (χ3n) is 4.63. The highest BCUT2D eigenvalue weighted by atomic mass is 32.3. The lowest BCUT2D eigenvalue weighted by molar-refractivity contribution is 0.257. The van der Waals surface area contributed by atoms with E-state index in [1.54, 1.807) is 24.3 Å². The molecule has 0 heterocycles. The number of aliphatic hydroxyl groups is 1. The summed E-state index contributed by atoms with van der Waals surface area (Å²) in [6.07, 6.45) is 6.92. The van der Waals surface area contributed by atoms with Crippen molar-refractivity contribution in [3.63, 3.8) is 0 Å². The van der Waals surface area contributed by atoms with Crippen molar-refractivity contribution in [3.8, 4) is 5.75 Å². The highest BCUT2D eigenvalue weighted by Gasteiger charge is 2.13. The summed E-state index contributed by atoms with van der Waals surface area (Å²) >= 11 is 0. The predicted octanol–water partition coefficient (Wildman–Crippen LogP) is 4.51. The molecule has 0 saturated carbocycles. The molecule has 164 valence electrons. The summed E-state index contributed by atoms with van der Waals surface area (Å²) in [5, 5.41) is 8.71. The molecule has 0 amide bonds. The van der Waals surface area contributed by atoms with Crippen LogP contribution < -0.4 is 9.08 Å². The Labute approximate surface area is 180 Å². The molecule has 2 aromatic rings. The first kappa shape index (κ1) is 23.9. The Hall–Kier alpha value is -2.35. The molecule has 30 heavy (non-hydrogen) atoms. The summed E-state index contributed by atoms with van der Waals surface area (Å²) < 4.78 is 33.6. The molecule has 0 saturated heterocycles. The molecule has 7 heteroatoms. The second-order valence-electron chi connectivity index (χ2n) is 6.96. The van der Waals surface area contributed by atoms with E-state index in [4.69, 9.17) is 13.5 Å². The van der Waals surface area contributed by atoms with Gasteiger partial charge in [-0.2, -0.15) is 8.42 Å². The van der Waals surface area contributed by atoms with Crippen LogP contribution in [0.4, 0.5) is 5.69 Å². The van der Waals surface area contributed by atoms with Crippen LogP contribution in [0.1, 0.15) is 43.7 Å². The minimum absolute atomic E-state index is 0.0709. The average Bonchev–Trinajstić information content (AvgIpc) is 2.75. The molecule has 0 spiro atoms. The number of anilines is 1. The summed E-state index contributed by atoms with van der Waals surface area (Å²) in [6, 6.07) is 15.1. The Morgan fingerprint density at radius 1 is 0.900 bits per heavy atom. The SMILES string of the molecule is CCN(C)c1ccc(/C=C/c2ccc(OS(=O)(=O)OCCCCCCO)cc2)cc1. The van der Waals surface area contributed by atoms with Crippen molar-refractivity contribution in [2.24, 2.45) is 0 Å². The number of aliphatic hydroxyl groups excluding tert-OH is 1. The summed E-state index contributed by atoms with van der Waals surface area (Å²) in [7, 11) is -2.03. The van der Waals surface area contributed by atoms with Gasteiger partial charge in [0.2, 0.25) is 0 Å². The van der Waals surface area contributed by atoms with Crippen LogP contribution in [0.5, 0.6) is 5.75 Å². The average molecular weight is 434 g/mol. The highest BCUT2D eigenvalue weighted by molar-refractivity contribution is 7.82. The minimum atomic E-state index is -4.08. The van der Waals surface area contributed by atoms with Crippen molar-refractivity contribution >= 4 is 28.2 Å². The van der Waals surface area contributed by atoms with E-state index >= 15 is 0 Å². The Morgan fingerprint density at radius 2 is 1.47 bits per heavy atom. The monoisotopic (exact) mass is 433 g/mol. The maximum absolute atomic E-state index is 11.9. The van der Waals surface area contributed by atoms with E-state index in [2.05, 4.69) is 43.1 Å². The van der Waals surface area contributed by atoms with Crippen LogP contribution in [-0.4, -0.2) is 40.3 Å². The smallest absolute Gasteiger partial charge is 0.396 e. The zero-order chi connectivity index (χ0) is 21.8. The third kappa shape index (κ3) is 8.57. The molecule has 0 aromatic heterocycles. The third-order valence-corrected chi connectivity index (χ3v) is 5.49. The lowest BCUT2D eigenvalue weighted by Gasteiger charge is -2.16. The molecule has 0 unspecified atom stereocenters. The van der Waals surface area contributed by atoms with Crippen LogP contribution in [0.3, 0.4) is 0 Å². The first-order chi connectivity index (χ1) is 14.4. The molecule has 0 aliphatic carbocycles. The van der Waals surface area contributed by atoms with Gasteiger partial charge in [-0.25, -0.2) is 4.18 Å². The van der Waals surface area contributed by atoms with E-state index in [0.29, 0.717) is 12.8 Å². The number of hydrogen-bond acceptors (Lipinski definition) is 6. The molecule has 0 aliphatic rings. The van der Waals surface area contributed by atoms with Crippen LogP contribution in [0.15, 0.2) is 48.5 Å². The zero-order valence-electron chi connectivity index (χ0n) is 17.7. The molecule has 0 atom stereocenters. The van der Waals surface area contributed by atoms with Gasteiger partial charge >= 0.3 is 10.4 Å². The Bertz CT molecular complexity index is 877. The molecule has 6 nitrogen and oxygen atoms in total. The van der Waals surface area contributed by atoms with Gasteiger partial charge in [0.15, 0.2) is 0 Å². The molecule has 0 fully saturated rings. The summed E-state index contributed by atoms with van der Waals surface area (Å²) in [6.45, 7) is 3.28. The lowest BCUT2D eigenvalue weighted by Crippen LogP contribution is -2.15. The fraction of sp³-hybridized carbons (Fsp3) is 0.391. The molecular formula is C23H31NO5S. The van der Waals surface area contributed by atoms with E-state index < -0.39 is 10.4 Å². The number of hydrogen-bond donors (Lipinski definition) is 1. The van der Waals surface area contributed by atoms with Gasteiger partial charge in [-0.1, -0.05) is 49.3 Å². The summed E-state index contributed by atoms with van der Waals surface area (Å²) in [5.74, 6) is 0.208. The molecule has 0 bridgehead atoms. The molecule has 2 aromatic carbocycles. The zero-order valence-corrected chi connectivity index (χ0v) is 18.5. The first-order valence-electron chi connectivity index (χ1n) is 10.2. The van der Waals surface area contributed by atoms with Crippen LogP contribution in [-0.2, 0) is 14.6 Å². The first-order valence-corrected chi connectivity index (χ1v) is 11.6. The number of nitrogens with zero attached hydrogens (tertiary/aromatic N) is 1. The maximum Gasteiger partial charge on any atom is 0.449 e. The summed E-state index contributed by atoms with van der Waals surface area (Å²) in [5.41, 5.74) is 3.18. The normalized spacial score (nSPS) is 11.7. The molecule has 0 radical (unpaired) electrons. The van der Waals surface area contributed by atoms with E-state index in [0.717, 1.165) is 30.5 Å². The molecular weight excluding hydrogens is 402 g/mol. The lowest BCUT2D eigenvalue weighted by atomic mass is 10.1. The second-order valence-corrected chi connectivity index (χ2v) is 8.18. The van der Waals surface area contributed by atoms with Gasteiger partial charge < -0.3 is 14.2 Å². The van der Waals surface area contributed by atoms with Crippen molar-refractivity contribution in [3.05, 3.63) is 59.7 Å². The number of rotatable bonds is 13. The van der Waals surface area contributed by atoms with Gasteiger partial charge in [0.05, 0.1) is 6.61 Å². The standard InChI is InChI=1S/C23H31NO5S/c1-3-24(2)22-14-10-20(11-15-22)8-9-21-12-16-23(17-13-21)29-30(26,27)28-19-7-5-4-6-18-25/h8-17,25H,3-7,18-19H2,1-2H3/b9-8+. The fourth-order valence-corrected chi connectivity index (χ4v) is 3.44. The fourth-order valence-electron chi connectivity index (χ4n) is 2.72. The van der Waals surface area contributed by atoms with E-state index in [1.165, 1.54) is 5.69 Å². The molecule has 2 rings (SSSR count). The van der Waals surface area contributed by atoms with Crippen LogP contribution in [0.2, 0.25) is 0 Å². The van der Waals surface area contributed by atoms with Crippen molar-refractivity contribution in [1.82, 2.24) is 0 Å². The molecule has 1 N–H and O–H groups in total. The number of unbranched alkanes of at least 4 members (excludes halogenated alkanes) is 3. The van der Waals surface area contributed by atoms with Gasteiger partial charge in [-0.15, -0.1) is 0 Å². The van der Waals surface area contributed by atoms with Crippen LogP contribution >= 0.6 is 0 Å². The van der Waals surface area contributed by atoms with Gasteiger partial charge in [-0.05, 0) is 55.2 Å². The van der Waals surface area contributed by atoms with Gasteiger partial charge in [-0.3, -0.25) is 0 Å². The van der Waals surface area contributed by atoms with Crippen LogP contribution in [0, 0.1) is 0 Å².